The molecule has 1 saturated carbocycles. The molecule has 1 aliphatic rings. The summed E-state index contributed by atoms with van der Waals surface area (Å²) >= 11 is 0. The molecule has 2 nitrogen and oxygen atoms in total. The molecule has 2 rings (SSSR count). The SMILES string of the molecule is CC1(C)C(CN)C1c1cccc(C#N)c1. The lowest BCUT2D eigenvalue weighted by molar-refractivity contribution is 0.558. The molecule has 15 heavy (non-hydrogen) atoms. The quantitative estimate of drug-likeness (QED) is 0.796. The highest BCUT2D eigenvalue weighted by molar-refractivity contribution is 5.39. The van der Waals surface area contributed by atoms with Gasteiger partial charge < -0.3 is 5.73 Å². The van der Waals surface area contributed by atoms with Crippen molar-refractivity contribution in [2.24, 2.45) is 17.1 Å². The molecule has 1 aliphatic carbocycles. The van der Waals surface area contributed by atoms with Crippen LogP contribution in [0.2, 0.25) is 0 Å². The Morgan fingerprint density at radius 3 is 2.73 bits per heavy atom. The van der Waals surface area contributed by atoms with E-state index in [1.807, 2.05) is 18.2 Å². The topological polar surface area (TPSA) is 49.8 Å². The first-order valence-electron chi connectivity index (χ1n) is 5.31. The third kappa shape index (κ3) is 1.53. The summed E-state index contributed by atoms with van der Waals surface area (Å²) in [7, 11) is 0. The van der Waals surface area contributed by atoms with Gasteiger partial charge in [0, 0.05) is 0 Å². The Morgan fingerprint density at radius 1 is 1.47 bits per heavy atom. The van der Waals surface area contributed by atoms with Crippen LogP contribution in [-0.4, -0.2) is 6.54 Å². The van der Waals surface area contributed by atoms with Gasteiger partial charge in [0.25, 0.3) is 0 Å². The minimum absolute atomic E-state index is 0.294. The van der Waals surface area contributed by atoms with E-state index in [0.717, 1.165) is 12.1 Å². The van der Waals surface area contributed by atoms with Crippen LogP contribution in [0.25, 0.3) is 0 Å². The average Bonchev–Trinajstić information content (AvgIpc) is 2.80. The average molecular weight is 200 g/mol. The fraction of sp³-hybridized carbons (Fsp3) is 0.462. The summed E-state index contributed by atoms with van der Waals surface area (Å²) in [5, 5.41) is 8.84. The molecule has 0 aromatic heterocycles. The van der Waals surface area contributed by atoms with Crippen molar-refractivity contribution in [1.82, 2.24) is 0 Å². The van der Waals surface area contributed by atoms with E-state index in [1.54, 1.807) is 0 Å². The summed E-state index contributed by atoms with van der Waals surface area (Å²) in [5.74, 6) is 1.09. The highest BCUT2D eigenvalue weighted by atomic mass is 14.7. The van der Waals surface area contributed by atoms with Gasteiger partial charge in [-0.25, -0.2) is 0 Å². The number of nitrogens with zero attached hydrogens (tertiary/aromatic N) is 1. The first-order chi connectivity index (χ1) is 7.11. The van der Waals surface area contributed by atoms with Crippen LogP contribution in [0.3, 0.4) is 0 Å². The van der Waals surface area contributed by atoms with Gasteiger partial charge >= 0.3 is 0 Å². The van der Waals surface area contributed by atoms with Crippen LogP contribution in [0, 0.1) is 22.7 Å². The van der Waals surface area contributed by atoms with Gasteiger partial charge in [-0.05, 0) is 41.5 Å². The van der Waals surface area contributed by atoms with Crippen molar-refractivity contribution in [2.75, 3.05) is 6.54 Å². The molecule has 1 fully saturated rings. The summed E-state index contributed by atoms with van der Waals surface area (Å²) in [6.07, 6.45) is 0. The standard InChI is InChI=1S/C13H16N2/c1-13(2)11(8-15)12(13)10-5-3-4-9(6-10)7-14/h3-6,11-12H,8,15H2,1-2H3. The summed E-state index contributed by atoms with van der Waals surface area (Å²) < 4.78 is 0. The molecule has 2 heteroatoms. The van der Waals surface area contributed by atoms with E-state index >= 15 is 0 Å². The highest BCUT2D eigenvalue weighted by Crippen LogP contribution is 2.63. The number of benzene rings is 1. The molecule has 0 amide bonds. The van der Waals surface area contributed by atoms with Gasteiger partial charge in [0.1, 0.15) is 0 Å². The lowest BCUT2D eigenvalue weighted by Crippen LogP contribution is -2.05. The zero-order chi connectivity index (χ0) is 11.1. The van der Waals surface area contributed by atoms with Gasteiger partial charge in [0.2, 0.25) is 0 Å². The molecule has 2 unspecified atom stereocenters. The second-order valence-electron chi connectivity index (χ2n) is 4.88. The van der Waals surface area contributed by atoms with E-state index in [2.05, 4.69) is 26.0 Å². The number of rotatable bonds is 2. The molecule has 1 aromatic rings. The third-order valence-electron chi connectivity index (χ3n) is 3.68. The molecular formula is C13H16N2. The number of hydrogen-bond acceptors (Lipinski definition) is 2. The van der Waals surface area contributed by atoms with Gasteiger partial charge in [-0.2, -0.15) is 5.26 Å². The van der Waals surface area contributed by atoms with Crippen LogP contribution in [0.15, 0.2) is 24.3 Å². The molecule has 1 aromatic carbocycles. The van der Waals surface area contributed by atoms with Crippen molar-refractivity contribution in [1.29, 1.82) is 5.26 Å². The van der Waals surface area contributed by atoms with E-state index in [4.69, 9.17) is 11.0 Å². The Bertz CT molecular complexity index is 415. The number of nitriles is 1. The second-order valence-corrected chi connectivity index (χ2v) is 4.88. The molecule has 2 N–H and O–H groups in total. The van der Waals surface area contributed by atoms with Crippen molar-refractivity contribution < 1.29 is 0 Å². The van der Waals surface area contributed by atoms with E-state index in [-0.39, 0.29) is 0 Å². The summed E-state index contributed by atoms with van der Waals surface area (Å²) in [4.78, 5) is 0. The van der Waals surface area contributed by atoms with E-state index in [1.165, 1.54) is 5.56 Å². The molecule has 2 atom stereocenters. The third-order valence-corrected chi connectivity index (χ3v) is 3.68. The van der Waals surface area contributed by atoms with Crippen molar-refractivity contribution in [3.05, 3.63) is 35.4 Å². The zero-order valence-corrected chi connectivity index (χ0v) is 9.20. The minimum Gasteiger partial charge on any atom is -0.330 e. The predicted molar refractivity (Wildman–Crippen MR) is 60.2 cm³/mol. The maximum absolute atomic E-state index is 8.84. The molecule has 78 valence electrons. The van der Waals surface area contributed by atoms with Crippen LogP contribution >= 0.6 is 0 Å². The van der Waals surface area contributed by atoms with Crippen LogP contribution < -0.4 is 5.73 Å². The Balaban J connectivity index is 2.29. The molecule has 0 bridgehead atoms. The summed E-state index contributed by atoms with van der Waals surface area (Å²) in [6, 6.07) is 10.1. The van der Waals surface area contributed by atoms with Crippen molar-refractivity contribution in [3.8, 4) is 6.07 Å². The van der Waals surface area contributed by atoms with E-state index in [9.17, 15) is 0 Å². The molecular weight excluding hydrogens is 184 g/mol. The molecule has 0 heterocycles. The normalized spacial score (nSPS) is 27.1. The number of nitrogens with two attached hydrogens (primary N) is 1. The lowest BCUT2D eigenvalue weighted by Gasteiger charge is -2.02. The Kier molecular flexibility index (Phi) is 2.28. The second kappa shape index (κ2) is 3.36. The smallest absolute Gasteiger partial charge is 0.0991 e. The molecule has 0 aliphatic heterocycles. The van der Waals surface area contributed by atoms with Crippen LogP contribution in [0.5, 0.6) is 0 Å². The van der Waals surface area contributed by atoms with Gasteiger partial charge in [0.05, 0.1) is 11.6 Å². The summed E-state index contributed by atoms with van der Waals surface area (Å²) in [6.45, 7) is 5.22. The van der Waals surface area contributed by atoms with Crippen LogP contribution in [-0.2, 0) is 0 Å². The van der Waals surface area contributed by atoms with Crippen molar-refractivity contribution >= 4 is 0 Å². The lowest BCUT2D eigenvalue weighted by atomic mass is 10.0. The van der Waals surface area contributed by atoms with Gasteiger partial charge in [0.15, 0.2) is 0 Å². The fourth-order valence-electron chi connectivity index (χ4n) is 2.65. The zero-order valence-electron chi connectivity index (χ0n) is 9.20. The largest absolute Gasteiger partial charge is 0.330 e. The monoisotopic (exact) mass is 200 g/mol. The molecule has 0 radical (unpaired) electrons. The Hall–Kier alpha value is -1.33. The van der Waals surface area contributed by atoms with Gasteiger partial charge in [-0.1, -0.05) is 26.0 Å². The van der Waals surface area contributed by atoms with Crippen LogP contribution in [0.1, 0.15) is 30.9 Å². The highest BCUT2D eigenvalue weighted by Gasteiger charge is 2.57. The van der Waals surface area contributed by atoms with Crippen LogP contribution in [0.4, 0.5) is 0 Å². The molecule has 0 saturated heterocycles. The minimum atomic E-state index is 0.294. The van der Waals surface area contributed by atoms with Gasteiger partial charge in [-0.15, -0.1) is 0 Å². The van der Waals surface area contributed by atoms with Crippen molar-refractivity contribution in [3.63, 3.8) is 0 Å². The van der Waals surface area contributed by atoms with Gasteiger partial charge in [-0.3, -0.25) is 0 Å². The Morgan fingerprint density at radius 2 is 2.20 bits per heavy atom. The predicted octanol–water partition coefficient (Wildman–Crippen LogP) is 2.26. The maximum Gasteiger partial charge on any atom is 0.0991 e. The first kappa shape index (κ1) is 10.2. The maximum atomic E-state index is 8.84. The van der Waals surface area contributed by atoms with E-state index < -0.39 is 0 Å². The summed E-state index contributed by atoms with van der Waals surface area (Å²) in [5.41, 5.74) is 8.04. The fourth-order valence-corrected chi connectivity index (χ4v) is 2.65. The first-order valence-corrected chi connectivity index (χ1v) is 5.31. The van der Waals surface area contributed by atoms with Crippen molar-refractivity contribution in [2.45, 2.75) is 19.8 Å². The van der Waals surface area contributed by atoms with E-state index in [0.29, 0.717) is 17.3 Å². The molecule has 0 spiro atoms. The number of hydrogen-bond donors (Lipinski definition) is 1. The Labute approximate surface area is 90.7 Å².